The topological polar surface area (TPSA) is 58.4 Å². The Labute approximate surface area is 186 Å². The molecule has 0 radical (unpaired) electrons. The second-order valence-corrected chi connectivity index (χ2v) is 8.56. The third kappa shape index (κ3) is 3.13. The molecule has 158 valence electrons. The zero-order valence-electron chi connectivity index (χ0n) is 17.5. The molecule has 5 rings (SSSR count). The van der Waals surface area contributed by atoms with Gasteiger partial charge in [-0.15, -0.1) is 0 Å². The van der Waals surface area contributed by atoms with Crippen molar-refractivity contribution in [1.82, 2.24) is 19.6 Å². The third-order valence-corrected chi connectivity index (χ3v) is 6.66. The number of para-hydroxylation sites is 1. The molecule has 7 heteroatoms. The summed E-state index contributed by atoms with van der Waals surface area (Å²) in [7, 11) is 0. The van der Waals surface area contributed by atoms with Crippen LogP contribution in [0.1, 0.15) is 51.5 Å². The first-order valence-electron chi connectivity index (χ1n) is 10.5. The van der Waals surface area contributed by atoms with Crippen molar-refractivity contribution < 1.29 is 9.59 Å². The summed E-state index contributed by atoms with van der Waals surface area (Å²) in [5.74, 6) is -0.111. The molecule has 2 aliphatic heterocycles. The number of aryl methyl sites for hydroxylation is 1. The summed E-state index contributed by atoms with van der Waals surface area (Å²) in [6, 6.07) is 16.7. The molecule has 0 spiro atoms. The van der Waals surface area contributed by atoms with Crippen molar-refractivity contribution in [1.29, 1.82) is 0 Å². The number of benzene rings is 2. The fourth-order valence-corrected chi connectivity index (χ4v) is 5.10. The number of carbonyl (C=O) groups excluding carboxylic acids is 2. The molecule has 3 aromatic rings. The van der Waals surface area contributed by atoms with E-state index in [0.29, 0.717) is 29.4 Å². The highest BCUT2D eigenvalue weighted by molar-refractivity contribution is 6.33. The predicted octanol–water partition coefficient (Wildman–Crippen LogP) is 4.27. The zero-order chi connectivity index (χ0) is 21.7. The lowest BCUT2D eigenvalue weighted by Crippen LogP contribution is -2.41. The first-order valence-corrected chi connectivity index (χ1v) is 10.9. The van der Waals surface area contributed by atoms with E-state index in [2.05, 4.69) is 5.10 Å². The Kier molecular flexibility index (Phi) is 4.82. The van der Waals surface area contributed by atoms with Crippen molar-refractivity contribution in [2.75, 3.05) is 13.1 Å². The molecule has 2 unspecified atom stereocenters. The Morgan fingerprint density at radius 3 is 2.55 bits per heavy atom. The van der Waals surface area contributed by atoms with E-state index in [1.54, 1.807) is 21.7 Å². The van der Waals surface area contributed by atoms with E-state index in [-0.39, 0.29) is 23.9 Å². The SMILES string of the molecule is Cc1nn(-c2ccccc2)c2c1C(C)N(C1CCN(C(=O)c3ccccc3Cl)C1)C2=O. The van der Waals surface area contributed by atoms with Gasteiger partial charge in [0, 0.05) is 18.7 Å². The fourth-order valence-electron chi connectivity index (χ4n) is 4.88. The molecule has 2 aliphatic rings. The van der Waals surface area contributed by atoms with E-state index < -0.39 is 0 Å². The number of fused-ring (bicyclic) bond motifs is 1. The van der Waals surface area contributed by atoms with E-state index in [1.165, 1.54) is 0 Å². The Morgan fingerprint density at radius 1 is 1.10 bits per heavy atom. The van der Waals surface area contributed by atoms with Gasteiger partial charge in [0.15, 0.2) is 0 Å². The van der Waals surface area contributed by atoms with Crippen molar-refractivity contribution in [2.45, 2.75) is 32.4 Å². The number of hydrogen-bond acceptors (Lipinski definition) is 3. The normalized spacial score (nSPS) is 20.4. The molecule has 0 saturated carbocycles. The minimum absolute atomic E-state index is 0.0241. The molecule has 0 bridgehead atoms. The van der Waals surface area contributed by atoms with Crippen molar-refractivity contribution in [3.8, 4) is 5.69 Å². The van der Waals surface area contributed by atoms with Crippen LogP contribution in [0.2, 0.25) is 5.02 Å². The lowest BCUT2D eigenvalue weighted by atomic mass is 10.1. The van der Waals surface area contributed by atoms with Gasteiger partial charge in [-0.05, 0) is 44.5 Å². The molecule has 1 fully saturated rings. The largest absolute Gasteiger partial charge is 0.336 e. The van der Waals surface area contributed by atoms with E-state index in [4.69, 9.17) is 11.6 Å². The Hall–Kier alpha value is -3.12. The molecule has 1 aromatic heterocycles. The number of carbonyl (C=O) groups is 2. The highest BCUT2D eigenvalue weighted by Crippen LogP contribution is 2.40. The second kappa shape index (κ2) is 7.54. The van der Waals surface area contributed by atoms with E-state index >= 15 is 0 Å². The molecule has 1 saturated heterocycles. The lowest BCUT2D eigenvalue weighted by Gasteiger charge is -2.29. The minimum atomic E-state index is -0.0865. The Morgan fingerprint density at radius 2 is 1.81 bits per heavy atom. The predicted molar refractivity (Wildman–Crippen MR) is 119 cm³/mol. The molecule has 2 amide bonds. The average molecular weight is 435 g/mol. The summed E-state index contributed by atoms with van der Waals surface area (Å²) in [5.41, 5.74) is 3.85. The van der Waals surface area contributed by atoms with Crippen LogP contribution in [0.3, 0.4) is 0 Å². The highest BCUT2D eigenvalue weighted by Gasteiger charge is 2.45. The number of aromatic nitrogens is 2. The monoisotopic (exact) mass is 434 g/mol. The maximum atomic E-state index is 13.5. The number of rotatable bonds is 3. The molecule has 6 nitrogen and oxygen atoms in total. The van der Waals surface area contributed by atoms with Gasteiger partial charge in [0.1, 0.15) is 5.69 Å². The van der Waals surface area contributed by atoms with Crippen LogP contribution in [-0.4, -0.2) is 50.5 Å². The standard InChI is InChI=1S/C24H23ClN4O2/c1-15-21-16(2)28(24(31)22(21)29(26-15)17-8-4-3-5-9-17)18-12-13-27(14-18)23(30)19-10-6-7-11-20(19)25/h3-11,16,18H,12-14H2,1-2H3. The van der Waals surface area contributed by atoms with Crippen LogP contribution < -0.4 is 0 Å². The second-order valence-electron chi connectivity index (χ2n) is 8.16. The summed E-state index contributed by atoms with van der Waals surface area (Å²) in [6.45, 7) is 5.10. The number of amides is 2. The van der Waals surface area contributed by atoms with Crippen LogP contribution in [0.15, 0.2) is 54.6 Å². The summed E-state index contributed by atoms with van der Waals surface area (Å²) in [4.78, 5) is 30.2. The Bertz CT molecular complexity index is 1170. The van der Waals surface area contributed by atoms with Crippen LogP contribution in [0.4, 0.5) is 0 Å². The average Bonchev–Trinajstić information content (AvgIpc) is 3.45. The molecular formula is C24H23ClN4O2. The van der Waals surface area contributed by atoms with Gasteiger partial charge in [0.25, 0.3) is 11.8 Å². The first kappa shape index (κ1) is 19.8. The number of likely N-dealkylation sites (tertiary alicyclic amines) is 1. The smallest absolute Gasteiger partial charge is 0.273 e. The quantitative estimate of drug-likeness (QED) is 0.618. The molecule has 31 heavy (non-hydrogen) atoms. The van der Waals surface area contributed by atoms with Crippen LogP contribution >= 0.6 is 11.6 Å². The van der Waals surface area contributed by atoms with Gasteiger partial charge in [-0.25, -0.2) is 4.68 Å². The third-order valence-electron chi connectivity index (χ3n) is 6.33. The maximum Gasteiger partial charge on any atom is 0.273 e. The summed E-state index contributed by atoms with van der Waals surface area (Å²) >= 11 is 6.22. The lowest BCUT2D eigenvalue weighted by molar-refractivity contribution is 0.0618. The number of nitrogens with zero attached hydrogens (tertiary/aromatic N) is 4. The van der Waals surface area contributed by atoms with Gasteiger partial charge in [-0.2, -0.15) is 5.10 Å². The van der Waals surface area contributed by atoms with E-state index in [0.717, 1.165) is 23.4 Å². The first-order chi connectivity index (χ1) is 15.0. The van der Waals surface area contributed by atoms with E-state index in [9.17, 15) is 9.59 Å². The maximum absolute atomic E-state index is 13.5. The van der Waals surface area contributed by atoms with Gasteiger partial charge < -0.3 is 9.80 Å². The van der Waals surface area contributed by atoms with E-state index in [1.807, 2.05) is 61.2 Å². The number of halogens is 1. The molecule has 2 aromatic carbocycles. The van der Waals surface area contributed by atoms with Gasteiger partial charge in [0.05, 0.1) is 34.1 Å². The molecule has 3 heterocycles. The van der Waals surface area contributed by atoms with Crippen LogP contribution in [0, 0.1) is 6.92 Å². The molecule has 0 aliphatic carbocycles. The van der Waals surface area contributed by atoms with Crippen molar-refractivity contribution in [3.05, 3.63) is 82.1 Å². The van der Waals surface area contributed by atoms with Crippen LogP contribution in [0.5, 0.6) is 0 Å². The number of hydrogen-bond donors (Lipinski definition) is 0. The summed E-state index contributed by atoms with van der Waals surface area (Å²) in [6.07, 6.45) is 0.744. The Balaban J connectivity index is 1.41. The van der Waals surface area contributed by atoms with Crippen LogP contribution in [-0.2, 0) is 0 Å². The van der Waals surface area contributed by atoms with Crippen LogP contribution in [0.25, 0.3) is 5.69 Å². The highest BCUT2D eigenvalue weighted by atomic mass is 35.5. The summed E-state index contributed by atoms with van der Waals surface area (Å²) in [5, 5.41) is 5.10. The molecule has 0 N–H and O–H groups in total. The molecular weight excluding hydrogens is 412 g/mol. The van der Waals surface area contributed by atoms with Crippen molar-refractivity contribution in [2.24, 2.45) is 0 Å². The van der Waals surface area contributed by atoms with Gasteiger partial charge >= 0.3 is 0 Å². The van der Waals surface area contributed by atoms with Gasteiger partial charge in [-0.1, -0.05) is 41.9 Å². The zero-order valence-corrected chi connectivity index (χ0v) is 18.2. The fraction of sp³-hybridized carbons (Fsp3) is 0.292. The van der Waals surface area contributed by atoms with Crippen molar-refractivity contribution >= 4 is 23.4 Å². The van der Waals surface area contributed by atoms with Crippen molar-refractivity contribution in [3.63, 3.8) is 0 Å². The van der Waals surface area contributed by atoms with Gasteiger partial charge in [0.2, 0.25) is 0 Å². The van der Waals surface area contributed by atoms with Gasteiger partial charge in [-0.3, -0.25) is 9.59 Å². The summed E-state index contributed by atoms with van der Waals surface area (Å²) < 4.78 is 1.76. The molecule has 2 atom stereocenters. The minimum Gasteiger partial charge on any atom is -0.336 e.